The van der Waals surface area contributed by atoms with Gasteiger partial charge in [0.25, 0.3) is 0 Å². The van der Waals surface area contributed by atoms with Crippen LogP contribution in [-0.4, -0.2) is 51.2 Å². The zero-order chi connectivity index (χ0) is 11.8. The smallest absolute Gasteiger partial charge is 0.233 e. The molecule has 1 unspecified atom stereocenters. The summed E-state index contributed by atoms with van der Waals surface area (Å²) in [6, 6.07) is 0.0808. The van der Waals surface area contributed by atoms with Gasteiger partial charge in [-0.3, -0.25) is 9.59 Å². The van der Waals surface area contributed by atoms with Gasteiger partial charge in [0.2, 0.25) is 11.8 Å². The molecule has 6 heteroatoms. The number of methoxy groups -OCH3 is 1. The van der Waals surface area contributed by atoms with Crippen LogP contribution in [0, 0.1) is 0 Å². The van der Waals surface area contributed by atoms with Crippen LogP contribution < -0.4 is 16.0 Å². The third-order valence-electron chi connectivity index (χ3n) is 2.38. The van der Waals surface area contributed by atoms with Crippen molar-refractivity contribution in [1.29, 1.82) is 0 Å². The fourth-order valence-corrected chi connectivity index (χ4v) is 1.49. The molecule has 0 aromatic rings. The quantitative estimate of drug-likeness (QED) is 0.470. The van der Waals surface area contributed by atoms with Crippen molar-refractivity contribution in [2.75, 3.05) is 33.4 Å². The lowest BCUT2D eigenvalue weighted by Gasteiger charge is -2.10. The molecule has 3 N–H and O–H groups in total. The lowest BCUT2D eigenvalue weighted by molar-refractivity contribution is -0.121. The summed E-state index contributed by atoms with van der Waals surface area (Å²) in [6.45, 7) is 2.13. The second-order valence-electron chi connectivity index (χ2n) is 3.78. The van der Waals surface area contributed by atoms with Gasteiger partial charge >= 0.3 is 0 Å². The molecule has 1 saturated heterocycles. The average molecular weight is 229 g/mol. The largest absolute Gasteiger partial charge is 0.385 e. The third kappa shape index (κ3) is 5.09. The number of carbonyl (C=O) groups is 2. The lowest BCUT2D eigenvalue weighted by Crippen LogP contribution is -2.40. The van der Waals surface area contributed by atoms with Gasteiger partial charge in [-0.2, -0.15) is 0 Å². The van der Waals surface area contributed by atoms with Crippen molar-refractivity contribution in [2.24, 2.45) is 0 Å². The molecule has 0 saturated carbocycles. The van der Waals surface area contributed by atoms with Crippen molar-refractivity contribution < 1.29 is 14.3 Å². The molecular formula is C10H19N3O3. The highest BCUT2D eigenvalue weighted by atomic mass is 16.5. The van der Waals surface area contributed by atoms with Crippen molar-refractivity contribution in [2.45, 2.75) is 18.9 Å². The van der Waals surface area contributed by atoms with E-state index in [-0.39, 0.29) is 24.4 Å². The molecule has 0 spiro atoms. The Morgan fingerprint density at radius 2 is 2.44 bits per heavy atom. The highest BCUT2D eigenvalue weighted by Crippen LogP contribution is 1.97. The van der Waals surface area contributed by atoms with Crippen LogP contribution in [0.4, 0.5) is 0 Å². The number of amides is 2. The van der Waals surface area contributed by atoms with E-state index in [1.165, 1.54) is 0 Å². The summed E-state index contributed by atoms with van der Waals surface area (Å²) in [5.41, 5.74) is 0. The van der Waals surface area contributed by atoms with Crippen molar-refractivity contribution >= 4 is 11.8 Å². The third-order valence-corrected chi connectivity index (χ3v) is 2.38. The van der Waals surface area contributed by atoms with E-state index in [9.17, 15) is 9.59 Å². The van der Waals surface area contributed by atoms with Crippen molar-refractivity contribution in [1.82, 2.24) is 16.0 Å². The predicted molar refractivity (Wildman–Crippen MR) is 58.9 cm³/mol. The number of rotatable bonds is 7. The van der Waals surface area contributed by atoms with Gasteiger partial charge in [-0.1, -0.05) is 0 Å². The Hall–Kier alpha value is -1.14. The van der Waals surface area contributed by atoms with Crippen LogP contribution in [0.3, 0.4) is 0 Å². The first-order valence-electron chi connectivity index (χ1n) is 5.48. The van der Waals surface area contributed by atoms with Crippen LogP contribution >= 0.6 is 0 Å². The normalized spacial score (nSPS) is 19.6. The van der Waals surface area contributed by atoms with Gasteiger partial charge in [-0.25, -0.2) is 0 Å². The summed E-state index contributed by atoms with van der Waals surface area (Å²) in [6.07, 6.45) is 1.27. The van der Waals surface area contributed by atoms with Gasteiger partial charge in [0.15, 0.2) is 0 Å². The monoisotopic (exact) mass is 229 g/mol. The molecule has 1 heterocycles. The Morgan fingerprint density at radius 1 is 1.62 bits per heavy atom. The molecule has 0 radical (unpaired) electrons. The summed E-state index contributed by atoms with van der Waals surface area (Å²) in [4.78, 5) is 22.2. The van der Waals surface area contributed by atoms with E-state index in [4.69, 9.17) is 4.74 Å². The second-order valence-corrected chi connectivity index (χ2v) is 3.78. The fraction of sp³-hybridized carbons (Fsp3) is 0.800. The average Bonchev–Trinajstić information content (AvgIpc) is 2.68. The Kier molecular flexibility index (Phi) is 5.81. The highest BCUT2D eigenvalue weighted by molar-refractivity contribution is 5.80. The van der Waals surface area contributed by atoms with Crippen LogP contribution in [0.25, 0.3) is 0 Å². The van der Waals surface area contributed by atoms with E-state index >= 15 is 0 Å². The van der Waals surface area contributed by atoms with Gasteiger partial charge < -0.3 is 20.7 Å². The number of ether oxygens (including phenoxy) is 1. The van der Waals surface area contributed by atoms with E-state index < -0.39 is 0 Å². The maximum Gasteiger partial charge on any atom is 0.233 e. The lowest BCUT2D eigenvalue weighted by atomic mass is 10.2. The standard InChI is InChI=1S/C10H19N3O3/c1-16-4-2-3-11-10(15)7-12-8-5-9(14)13-6-8/h8,12H,2-7H2,1H3,(H,11,15)(H,13,14). The van der Waals surface area contributed by atoms with Gasteiger partial charge in [0.05, 0.1) is 6.54 Å². The summed E-state index contributed by atoms with van der Waals surface area (Å²) >= 11 is 0. The molecule has 92 valence electrons. The number of hydrogen-bond donors (Lipinski definition) is 3. The molecule has 0 aliphatic carbocycles. The second kappa shape index (κ2) is 7.19. The molecular weight excluding hydrogens is 210 g/mol. The minimum absolute atomic E-state index is 0.0398. The molecule has 1 aliphatic heterocycles. The molecule has 1 rings (SSSR count). The molecule has 2 amide bonds. The van der Waals surface area contributed by atoms with Crippen LogP contribution in [-0.2, 0) is 14.3 Å². The molecule has 6 nitrogen and oxygen atoms in total. The van der Waals surface area contributed by atoms with E-state index in [1.807, 2.05) is 0 Å². The van der Waals surface area contributed by atoms with Gasteiger partial charge in [-0.05, 0) is 6.42 Å². The van der Waals surface area contributed by atoms with E-state index in [0.717, 1.165) is 6.42 Å². The molecule has 1 atom stereocenters. The minimum atomic E-state index is -0.0459. The topological polar surface area (TPSA) is 79.5 Å². The fourth-order valence-electron chi connectivity index (χ4n) is 1.49. The van der Waals surface area contributed by atoms with Gasteiger partial charge in [0, 0.05) is 39.3 Å². The van der Waals surface area contributed by atoms with E-state index in [1.54, 1.807) is 7.11 Å². The molecule has 0 aromatic carbocycles. The molecule has 0 bridgehead atoms. The number of hydrogen-bond acceptors (Lipinski definition) is 4. The number of carbonyl (C=O) groups excluding carboxylic acids is 2. The van der Waals surface area contributed by atoms with Crippen LogP contribution in [0.1, 0.15) is 12.8 Å². The van der Waals surface area contributed by atoms with E-state index in [0.29, 0.717) is 26.1 Å². The van der Waals surface area contributed by atoms with Crippen molar-refractivity contribution in [3.8, 4) is 0 Å². The molecule has 1 aliphatic rings. The van der Waals surface area contributed by atoms with Crippen LogP contribution in [0.15, 0.2) is 0 Å². The van der Waals surface area contributed by atoms with Crippen LogP contribution in [0.5, 0.6) is 0 Å². The Bertz CT molecular complexity index is 245. The maximum absolute atomic E-state index is 11.3. The Balaban J connectivity index is 1.99. The summed E-state index contributed by atoms with van der Waals surface area (Å²) in [5, 5.41) is 8.50. The Labute approximate surface area is 95.1 Å². The highest BCUT2D eigenvalue weighted by Gasteiger charge is 2.20. The SMILES string of the molecule is COCCCNC(=O)CNC1CNC(=O)C1. The van der Waals surface area contributed by atoms with Crippen LogP contribution in [0.2, 0.25) is 0 Å². The molecule has 1 fully saturated rings. The zero-order valence-electron chi connectivity index (χ0n) is 9.54. The zero-order valence-corrected chi connectivity index (χ0v) is 9.54. The molecule has 0 aromatic heterocycles. The summed E-state index contributed by atoms with van der Waals surface area (Å²) in [5.74, 6) is -0.00606. The van der Waals surface area contributed by atoms with E-state index in [2.05, 4.69) is 16.0 Å². The number of nitrogens with one attached hydrogen (secondary N) is 3. The minimum Gasteiger partial charge on any atom is -0.385 e. The first-order valence-corrected chi connectivity index (χ1v) is 5.48. The van der Waals surface area contributed by atoms with Crippen molar-refractivity contribution in [3.63, 3.8) is 0 Å². The van der Waals surface area contributed by atoms with Crippen molar-refractivity contribution in [3.05, 3.63) is 0 Å². The summed E-state index contributed by atoms with van der Waals surface area (Å²) < 4.78 is 4.86. The molecule has 16 heavy (non-hydrogen) atoms. The summed E-state index contributed by atoms with van der Waals surface area (Å²) in [7, 11) is 1.63. The maximum atomic E-state index is 11.3. The first-order chi connectivity index (χ1) is 7.72. The van der Waals surface area contributed by atoms with Gasteiger partial charge in [0.1, 0.15) is 0 Å². The first kappa shape index (κ1) is 12.9. The van der Waals surface area contributed by atoms with Gasteiger partial charge in [-0.15, -0.1) is 0 Å². The Morgan fingerprint density at radius 3 is 3.06 bits per heavy atom. The predicted octanol–water partition coefficient (Wildman–Crippen LogP) is -1.38.